The summed E-state index contributed by atoms with van der Waals surface area (Å²) in [6, 6.07) is 12.0. The third kappa shape index (κ3) is 2.34. The van der Waals surface area contributed by atoms with Gasteiger partial charge >= 0.3 is 0 Å². The van der Waals surface area contributed by atoms with E-state index in [9.17, 15) is 0 Å². The van der Waals surface area contributed by atoms with Crippen LogP contribution in [0.3, 0.4) is 0 Å². The molecule has 0 saturated heterocycles. The van der Waals surface area contributed by atoms with E-state index in [0.717, 1.165) is 17.0 Å². The fraction of sp³-hybridized carbons (Fsp3) is 0.154. The Morgan fingerprint density at radius 2 is 1.93 bits per heavy atom. The Balaban J connectivity index is 2.32. The zero-order chi connectivity index (χ0) is 10.7. The molecule has 0 aliphatic carbocycles. The minimum Gasteiger partial charge on any atom is -0.356 e. The lowest BCUT2D eigenvalue weighted by Crippen LogP contribution is -1.73. The van der Waals surface area contributed by atoms with Gasteiger partial charge in [-0.3, -0.25) is 0 Å². The van der Waals surface area contributed by atoms with Crippen LogP contribution in [-0.4, -0.2) is 5.16 Å². The van der Waals surface area contributed by atoms with Crippen molar-refractivity contribution in [2.75, 3.05) is 0 Å². The van der Waals surface area contributed by atoms with Crippen molar-refractivity contribution in [1.82, 2.24) is 5.16 Å². The Morgan fingerprint density at radius 1 is 1.20 bits per heavy atom. The average molecular weight is 199 g/mol. The molecule has 2 heteroatoms. The first-order valence-electron chi connectivity index (χ1n) is 4.93. The Kier molecular flexibility index (Phi) is 2.68. The first-order valence-corrected chi connectivity index (χ1v) is 4.93. The van der Waals surface area contributed by atoms with Crippen LogP contribution in [0.5, 0.6) is 0 Å². The normalized spacial score (nSPS) is 10.0. The molecule has 0 saturated carbocycles. The second-order valence-electron chi connectivity index (χ2n) is 3.70. The number of hydrogen-bond acceptors (Lipinski definition) is 2. The highest BCUT2D eigenvalue weighted by Gasteiger charge is 2.03. The molecule has 1 heterocycles. The highest BCUT2D eigenvalue weighted by molar-refractivity contribution is 5.61. The second kappa shape index (κ2) is 4.13. The quantitative estimate of drug-likeness (QED) is 0.735. The highest BCUT2D eigenvalue weighted by atomic mass is 16.5. The Morgan fingerprint density at radius 3 is 2.60 bits per heavy atom. The Bertz CT molecular complexity index is 464. The van der Waals surface area contributed by atoms with Gasteiger partial charge in [0.05, 0.1) is 0 Å². The molecule has 15 heavy (non-hydrogen) atoms. The van der Waals surface area contributed by atoms with Gasteiger partial charge in [0.2, 0.25) is 0 Å². The molecule has 0 radical (unpaired) electrons. The van der Waals surface area contributed by atoms with Crippen molar-refractivity contribution in [2.24, 2.45) is 0 Å². The van der Waals surface area contributed by atoms with E-state index in [1.165, 1.54) is 5.57 Å². The van der Waals surface area contributed by atoms with Gasteiger partial charge < -0.3 is 4.52 Å². The molecule has 0 unspecified atom stereocenters. The zero-order valence-electron chi connectivity index (χ0n) is 8.90. The molecule has 0 amide bonds. The molecule has 0 atom stereocenters. The van der Waals surface area contributed by atoms with Crippen molar-refractivity contribution in [1.29, 1.82) is 0 Å². The number of aromatic nitrogens is 1. The predicted octanol–water partition coefficient (Wildman–Crippen LogP) is 3.76. The van der Waals surface area contributed by atoms with Gasteiger partial charge in [-0.05, 0) is 19.9 Å². The number of nitrogens with zero attached hydrogens (tertiary/aromatic N) is 1. The minimum atomic E-state index is 0.800. The molecule has 1 aromatic heterocycles. The van der Waals surface area contributed by atoms with Gasteiger partial charge in [-0.15, -0.1) is 0 Å². The van der Waals surface area contributed by atoms with Crippen LogP contribution in [0.15, 0.2) is 46.5 Å². The molecule has 2 rings (SSSR count). The van der Waals surface area contributed by atoms with Crippen LogP contribution in [0.2, 0.25) is 0 Å². The summed E-state index contributed by atoms with van der Waals surface area (Å²) in [6.07, 6.45) is 1.97. The van der Waals surface area contributed by atoms with E-state index in [0.29, 0.717) is 0 Å². The van der Waals surface area contributed by atoms with Crippen LogP contribution in [0, 0.1) is 0 Å². The van der Waals surface area contributed by atoms with Crippen molar-refractivity contribution in [3.05, 3.63) is 47.7 Å². The summed E-state index contributed by atoms with van der Waals surface area (Å²) in [5, 5.41) is 4.02. The fourth-order valence-electron chi connectivity index (χ4n) is 1.39. The fourth-order valence-corrected chi connectivity index (χ4v) is 1.39. The summed E-state index contributed by atoms with van der Waals surface area (Å²) in [5.41, 5.74) is 3.16. The number of benzene rings is 1. The van der Waals surface area contributed by atoms with E-state index in [1.54, 1.807) is 0 Å². The maximum atomic E-state index is 5.20. The molecular weight excluding hydrogens is 186 g/mol. The van der Waals surface area contributed by atoms with E-state index < -0.39 is 0 Å². The Hall–Kier alpha value is -1.83. The van der Waals surface area contributed by atoms with E-state index in [1.807, 2.05) is 56.3 Å². The third-order valence-electron chi connectivity index (χ3n) is 2.03. The summed E-state index contributed by atoms with van der Waals surface area (Å²) < 4.78 is 5.20. The van der Waals surface area contributed by atoms with Crippen molar-refractivity contribution in [3.63, 3.8) is 0 Å². The van der Waals surface area contributed by atoms with Gasteiger partial charge in [-0.2, -0.15) is 0 Å². The van der Waals surface area contributed by atoms with Crippen LogP contribution in [0.4, 0.5) is 0 Å². The van der Waals surface area contributed by atoms with Crippen molar-refractivity contribution in [3.8, 4) is 11.3 Å². The largest absolute Gasteiger partial charge is 0.356 e. The molecule has 2 nitrogen and oxygen atoms in total. The molecule has 0 spiro atoms. The lowest BCUT2D eigenvalue weighted by molar-refractivity contribution is 0.415. The van der Waals surface area contributed by atoms with E-state index >= 15 is 0 Å². The van der Waals surface area contributed by atoms with Crippen molar-refractivity contribution >= 4 is 6.08 Å². The van der Waals surface area contributed by atoms with Gasteiger partial charge in [0, 0.05) is 11.6 Å². The molecule has 0 aliphatic heterocycles. The first-order chi connectivity index (χ1) is 7.25. The number of rotatable bonds is 2. The van der Waals surface area contributed by atoms with Crippen LogP contribution in [0.1, 0.15) is 19.6 Å². The van der Waals surface area contributed by atoms with Crippen LogP contribution in [-0.2, 0) is 0 Å². The maximum Gasteiger partial charge on any atom is 0.160 e. The zero-order valence-corrected chi connectivity index (χ0v) is 8.90. The van der Waals surface area contributed by atoms with Gasteiger partial charge in [0.25, 0.3) is 0 Å². The van der Waals surface area contributed by atoms with E-state index in [4.69, 9.17) is 4.52 Å². The molecule has 0 bridgehead atoms. The maximum absolute atomic E-state index is 5.20. The SMILES string of the molecule is CC(C)=Cc1cc(-c2ccccc2)no1. The second-order valence-corrected chi connectivity index (χ2v) is 3.70. The van der Waals surface area contributed by atoms with Gasteiger partial charge in [-0.25, -0.2) is 0 Å². The molecule has 76 valence electrons. The van der Waals surface area contributed by atoms with Crippen LogP contribution >= 0.6 is 0 Å². The first kappa shape index (κ1) is 9.71. The molecule has 0 fully saturated rings. The summed E-state index contributed by atoms with van der Waals surface area (Å²) in [6.45, 7) is 4.06. The summed E-state index contributed by atoms with van der Waals surface area (Å²) in [7, 11) is 0. The van der Waals surface area contributed by atoms with Crippen LogP contribution < -0.4 is 0 Å². The van der Waals surface area contributed by atoms with E-state index in [2.05, 4.69) is 5.16 Å². The molecule has 0 N–H and O–H groups in total. The van der Waals surface area contributed by atoms with Crippen LogP contribution in [0.25, 0.3) is 17.3 Å². The smallest absolute Gasteiger partial charge is 0.160 e. The summed E-state index contributed by atoms with van der Waals surface area (Å²) in [5.74, 6) is 0.800. The predicted molar refractivity (Wildman–Crippen MR) is 61.3 cm³/mol. The van der Waals surface area contributed by atoms with Crippen molar-refractivity contribution in [2.45, 2.75) is 13.8 Å². The standard InChI is InChI=1S/C13H13NO/c1-10(2)8-12-9-13(14-15-12)11-6-4-3-5-7-11/h3-9H,1-2H3. The van der Waals surface area contributed by atoms with Gasteiger partial charge in [0.1, 0.15) is 5.69 Å². The van der Waals surface area contributed by atoms with E-state index in [-0.39, 0.29) is 0 Å². The van der Waals surface area contributed by atoms with Crippen molar-refractivity contribution < 1.29 is 4.52 Å². The monoisotopic (exact) mass is 199 g/mol. The third-order valence-corrected chi connectivity index (χ3v) is 2.03. The summed E-state index contributed by atoms with van der Waals surface area (Å²) in [4.78, 5) is 0. The minimum absolute atomic E-state index is 0.800. The van der Waals surface area contributed by atoms with Gasteiger partial charge in [0.15, 0.2) is 5.76 Å². The highest BCUT2D eigenvalue weighted by Crippen LogP contribution is 2.19. The lowest BCUT2D eigenvalue weighted by atomic mass is 10.1. The average Bonchev–Trinajstić information content (AvgIpc) is 2.67. The topological polar surface area (TPSA) is 26.0 Å². The molecule has 0 aliphatic rings. The van der Waals surface area contributed by atoms with Gasteiger partial charge in [-0.1, -0.05) is 41.1 Å². The number of hydrogen-bond donors (Lipinski definition) is 0. The summed E-state index contributed by atoms with van der Waals surface area (Å²) >= 11 is 0. The Labute approximate surface area is 89.2 Å². The molecular formula is C13H13NO. The molecule has 1 aromatic carbocycles. The number of allylic oxidation sites excluding steroid dienone is 1. The molecule has 2 aromatic rings. The lowest BCUT2D eigenvalue weighted by Gasteiger charge is -1.91.